The van der Waals surface area contributed by atoms with E-state index in [1.165, 1.54) is 17.0 Å². The molecule has 1 aliphatic heterocycles. The molecule has 1 fully saturated rings. The number of phenolic OH excluding ortho intramolecular Hbond substituents is 1. The van der Waals surface area contributed by atoms with Gasteiger partial charge in [-0.2, -0.15) is 0 Å². The molecule has 2 amide bonds. The number of aromatic hydroxyl groups is 1. The number of piperidine rings is 1. The zero-order valence-electron chi connectivity index (χ0n) is 12.4. The van der Waals surface area contributed by atoms with Gasteiger partial charge in [0.2, 0.25) is 0 Å². The number of carbonyl (C=O) groups is 2. The molecule has 0 saturated carbocycles. The van der Waals surface area contributed by atoms with E-state index in [-0.39, 0.29) is 23.7 Å². The largest absolute Gasteiger partial charge is 0.508 e. The van der Waals surface area contributed by atoms with Gasteiger partial charge >= 0.3 is 6.09 Å². The highest BCUT2D eigenvalue weighted by atomic mass is 16.5. The van der Waals surface area contributed by atoms with Crippen LogP contribution in [0.2, 0.25) is 0 Å². The lowest BCUT2D eigenvalue weighted by molar-refractivity contribution is -0.00572. The number of methoxy groups -OCH3 is 1. The lowest BCUT2D eigenvalue weighted by Gasteiger charge is -2.36. The number of hydrogen-bond donors (Lipinski definition) is 3. The number of ether oxygens (including phenoxy) is 1. The average Bonchev–Trinajstić information content (AvgIpc) is 2.52. The first-order chi connectivity index (χ1) is 10.5. The summed E-state index contributed by atoms with van der Waals surface area (Å²) < 4.78 is 5.35. The number of nitrogens with zero attached hydrogens (tertiary/aromatic N) is 1. The SMILES string of the molecule is COC1CN(C(=O)O)CCC1CNC(=O)c1ccc(O)cc1. The molecular weight excluding hydrogens is 288 g/mol. The van der Waals surface area contributed by atoms with Crippen molar-refractivity contribution in [2.75, 3.05) is 26.7 Å². The Balaban J connectivity index is 1.89. The van der Waals surface area contributed by atoms with Gasteiger partial charge in [0, 0.05) is 31.7 Å². The summed E-state index contributed by atoms with van der Waals surface area (Å²) in [7, 11) is 1.55. The topological polar surface area (TPSA) is 99.1 Å². The number of likely N-dealkylation sites (tertiary alicyclic amines) is 1. The fourth-order valence-electron chi connectivity index (χ4n) is 2.58. The first kappa shape index (κ1) is 16.1. The van der Waals surface area contributed by atoms with Crippen molar-refractivity contribution in [1.29, 1.82) is 0 Å². The first-order valence-corrected chi connectivity index (χ1v) is 7.09. The fraction of sp³-hybridized carbons (Fsp3) is 0.467. The van der Waals surface area contributed by atoms with Gasteiger partial charge in [0.15, 0.2) is 0 Å². The molecule has 22 heavy (non-hydrogen) atoms. The quantitative estimate of drug-likeness (QED) is 0.774. The van der Waals surface area contributed by atoms with Gasteiger partial charge < -0.3 is 25.2 Å². The molecule has 0 bridgehead atoms. The molecule has 120 valence electrons. The molecule has 1 saturated heterocycles. The zero-order chi connectivity index (χ0) is 16.1. The van der Waals surface area contributed by atoms with E-state index in [1.54, 1.807) is 19.2 Å². The van der Waals surface area contributed by atoms with E-state index in [1.807, 2.05) is 0 Å². The Kier molecular flexibility index (Phi) is 5.21. The molecular formula is C15H20N2O5. The van der Waals surface area contributed by atoms with E-state index in [2.05, 4.69) is 5.32 Å². The molecule has 0 aromatic heterocycles. The molecule has 2 rings (SSSR count). The van der Waals surface area contributed by atoms with Crippen LogP contribution in [0.1, 0.15) is 16.8 Å². The fourth-order valence-corrected chi connectivity index (χ4v) is 2.58. The summed E-state index contributed by atoms with van der Waals surface area (Å²) in [6.07, 6.45) is -0.542. The van der Waals surface area contributed by atoms with Crippen molar-refractivity contribution in [3.8, 4) is 5.75 Å². The molecule has 7 nitrogen and oxygen atoms in total. The molecule has 0 radical (unpaired) electrons. The minimum absolute atomic E-state index is 0.0710. The van der Waals surface area contributed by atoms with E-state index >= 15 is 0 Å². The molecule has 7 heteroatoms. The van der Waals surface area contributed by atoms with Crippen molar-refractivity contribution in [3.63, 3.8) is 0 Å². The lowest BCUT2D eigenvalue weighted by Crippen LogP contribution is -2.50. The van der Waals surface area contributed by atoms with Crippen molar-refractivity contribution in [2.45, 2.75) is 12.5 Å². The predicted molar refractivity (Wildman–Crippen MR) is 78.9 cm³/mol. The van der Waals surface area contributed by atoms with Gasteiger partial charge in [0.1, 0.15) is 5.75 Å². The number of hydrogen-bond acceptors (Lipinski definition) is 4. The van der Waals surface area contributed by atoms with Crippen LogP contribution in [-0.4, -0.2) is 60.0 Å². The summed E-state index contributed by atoms with van der Waals surface area (Å²) in [5.74, 6) is -0.0470. The molecule has 1 aromatic rings. The molecule has 2 atom stereocenters. The maximum Gasteiger partial charge on any atom is 0.407 e. The van der Waals surface area contributed by atoms with Crippen LogP contribution in [0.25, 0.3) is 0 Å². The van der Waals surface area contributed by atoms with Crippen LogP contribution in [0.3, 0.4) is 0 Å². The van der Waals surface area contributed by atoms with Gasteiger partial charge in [-0.05, 0) is 30.7 Å². The molecule has 1 aliphatic rings. The van der Waals surface area contributed by atoms with E-state index in [9.17, 15) is 14.7 Å². The van der Waals surface area contributed by atoms with Crippen LogP contribution < -0.4 is 5.32 Å². The maximum atomic E-state index is 12.0. The summed E-state index contributed by atoms with van der Waals surface area (Å²) >= 11 is 0. The molecule has 0 aliphatic carbocycles. The second kappa shape index (κ2) is 7.13. The van der Waals surface area contributed by atoms with Gasteiger partial charge in [0.05, 0.1) is 12.6 Å². The van der Waals surface area contributed by atoms with E-state index in [4.69, 9.17) is 9.84 Å². The van der Waals surface area contributed by atoms with Crippen LogP contribution in [0.4, 0.5) is 4.79 Å². The van der Waals surface area contributed by atoms with Gasteiger partial charge in [-0.1, -0.05) is 0 Å². The monoisotopic (exact) mass is 308 g/mol. The van der Waals surface area contributed by atoms with Gasteiger partial charge in [0.25, 0.3) is 5.91 Å². The minimum Gasteiger partial charge on any atom is -0.508 e. The van der Waals surface area contributed by atoms with Crippen LogP contribution >= 0.6 is 0 Å². The van der Waals surface area contributed by atoms with Crippen LogP contribution in [0, 0.1) is 5.92 Å². The summed E-state index contributed by atoms with van der Waals surface area (Å²) in [5, 5.41) is 21.0. The van der Waals surface area contributed by atoms with Crippen LogP contribution in [0.15, 0.2) is 24.3 Å². The van der Waals surface area contributed by atoms with Crippen molar-refractivity contribution >= 4 is 12.0 Å². The zero-order valence-corrected chi connectivity index (χ0v) is 12.4. The van der Waals surface area contributed by atoms with E-state index in [0.29, 0.717) is 31.6 Å². The number of nitrogens with one attached hydrogen (secondary N) is 1. The highest BCUT2D eigenvalue weighted by molar-refractivity contribution is 5.94. The van der Waals surface area contributed by atoms with Gasteiger partial charge in [-0.25, -0.2) is 4.79 Å². The summed E-state index contributed by atoms with van der Waals surface area (Å²) in [6.45, 7) is 1.17. The van der Waals surface area contributed by atoms with Gasteiger partial charge in [-0.15, -0.1) is 0 Å². The maximum absolute atomic E-state index is 12.0. The Bertz CT molecular complexity index is 531. The number of rotatable bonds is 4. The summed E-state index contributed by atoms with van der Waals surface area (Å²) in [6, 6.07) is 6.01. The summed E-state index contributed by atoms with van der Waals surface area (Å²) in [5.41, 5.74) is 0.467. The third kappa shape index (κ3) is 3.88. The highest BCUT2D eigenvalue weighted by Gasteiger charge is 2.31. The van der Waals surface area contributed by atoms with Crippen LogP contribution in [-0.2, 0) is 4.74 Å². The number of phenols is 1. The molecule has 1 heterocycles. The van der Waals surface area contributed by atoms with Crippen molar-refractivity contribution in [1.82, 2.24) is 10.2 Å². The molecule has 3 N–H and O–H groups in total. The highest BCUT2D eigenvalue weighted by Crippen LogP contribution is 2.20. The number of carbonyl (C=O) groups excluding carboxylic acids is 1. The van der Waals surface area contributed by atoms with Crippen molar-refractivity contribution in [3.05, 3.63) is 29.8 Å². The second-order valence-corrected chi connectivity index (χ2v) is 5.31. The average molecular weight is 308 g/mol. The van der Waals surface area contributed by atoms with E-state index < -0.39 is 6.09 Å². The van der Waals surface area contributed by atoms with Gasteiger partial charge in [-0.3, -0.25) is 4.79 Å². The third-order valence-electron chi connectivity index (χ3n) is 3.92. The molecule has 1 aromatic carbocycles. The Labute approximate surface area is 128 Å². The third-order valence-corrected chi connectivity index (χ3v) is 3.92. The Morgan fingerprint density at radius 2 is 2.05 bits per heavy atom. The smallest absolute Gasteiger partial charge is 0.407 e. The molecule has 2 unspecified atom stereocenters. The Morgan fingerprint density at radius 1 is 1.36 bits per heavy atom. The Hall–Kier alpha value is -2.28. The Morgan fingerprint density at radius 3 is 2.64 bits per heavy atom. The second-order valence-electron chi connectivity index (χ2n) is 5.31. The lowest BCUT2D eigenvalue weighted by atomic mass is 9.93. The number of benzene rings is 1. The number of carboxylic acid groups (broad SMARTS) is 1. The first-order valence-electron chi connectivity index (χ1n) is 7.09. The summed E-state index contributed by atoms with van der Waals surface area (Å²) in [4.78, 5) is 24.3. The minimum atomic E-state index is -0.950. The van der Waals surface area contributed by atoms with E-state index in [0.717, 1.165) is 0 Å². The van der Waals surface area contributed by atoms with Crippen molar-refractivity contribution < 1.29 is 24.5 Å². The standard InChI is InChI=1S/C15H20N2O5/c1-22-13-9-17(15(20)21)7-6-11(13)8-16-14(19)10-2-4-12(18)5-3-10/h2-5,11,13,18H,6-9H2,1H3,(H,16,19)(H,20,21). The molecule has 0 spiro atoms. The number of amides is 2. The normalized spacial score (nSPS) is 21.4. The van der Waals surface area contributed by atoms with Crippen LogP contribution in [0.5, 0.6) is 5.75 Å². The predicted octanol–water partition coefficient (Wildman–Crippen LogP) is 1.14. The van der Waals surface area contributed by atoms with Crippen molar-refractivity contribution in [2.24, 2.45) is 5.92 Å².